The van der Waals surface area contributed by atoms with E-state index in [0.29, 0.717) is 41.5 Å². The predicted octanol–water partition coefficient (Wildman–Crippen LogP) is 4.23. The van der Waals surface area contributed by atoms with Crippen molar-refractivity contribution in [2.75, 3.05) is 11.9 Å². The lowest BCUT2D eigenvalue weighted by Crippen LogP contribution is -2.25. The van der Waals surface area contributed by atoms with Crippen LogP contribution in [0.1, 0.15) is 35.4 Å². The largest absolute Gasteiger partial charge is 0.452 e. The molecule has 1 amide bonds. The molecule has 0 saturated heterocycles. The molecule has 2 aromatic carbocycles. The summed E-state index contributed by atoms with van der Waals surface area (Å²) in [7, 11) is 0. The second-order valence-electron chi connectivity index (χ2n) is 7.53. The highest BCUT2D eigenvalue weighted by molar-refractivity contribution is 7.99. The van der Waals surface area contributed by atoms with E-state index < -0.39 is 24.2 Å². The van der Waals surface area contributed by atoms with Gasteiger partial charge in [-0.1, -0.05) is 30.3 Å². The zero-order valence-corrected chi connectivity index (χ0v) is 18.4. The molecule has 1 aromatic heterocycles. The number of carbonyl (C=O) groups excluding carboxylic acids is 2. The number of rotatable bonds is 6. The van der Waals surface area contributed by atoms with Crippen molar-refractivity contribution >= 4 is 40.2 Å². The highest BCUT2D eigenvalue weighted by Gasteiger charge is 2.17. The average Bonchev–Trinajstić information content (AvgIpc) is 3.04. The van der Waals surface area contributed by atoms with Crippen molar-refractivity contribution in [3.05, 3.63) is 64.2 Å². The molecule has 1 aliphatic heterocycles. The first-order chi connectivity index (χ1) is 15.9. The van der Waals surface area contributed by atoms with Crippen LogP contribution < -0.4 is 10.9 Å². The number of carbonyl (C=O) groups is 2. The Morgan fingerprint density at radius 1 is 1.15 bits per heavy atom. The number of anilines is 1. The van der Waals surface area contributed by atoms with Gasteiger partial charge in [0.15, 0.2) is 6.61 Å². The van der Waals surface area contributed by atoms with E-state index in [-0.39, 0.29) is 21.7 Å². The summed E-state index contributed by atoms with van der Waals surface area (Å²) in [4.78, 5) is 42.2. The number of amides is 1. The normalized spacial score (nSPS) is 13.4. The minimum Gasteiger partial charge on any atom is -0.452 e. The van der Waals surface area contributed by atoms with Crippen molar-refractivity contribution in [1.29, 1.82) is 0 Å². The number of thioether (sulfide) groups is 1. The molecule has 4 rings (SSSR count). The number of hydrogen-bond acceptors (Lipinski definition) is 6. The van der Waals surface area contributed by atoms with Gasteiger partial charge in [-0.25, -0.2) is 9.78 Å². The van der Waals surface area contributed by atoms with Crippen LogP contribution in [0.25, 0.3) is 10.9 Å². The molecular formula is C23H21F2N3O4S. The molecule has 1 aliphatic rings. The minimum absolute atomic E-state index is 0.128. The van der Waals surface area contributed by atoms with Crippen LogP contribution in [-0.2, 0) is 22.5 Å². The molecule has 0 unspecified atom stereocenters. The molecule has 172 valence electrons. The van der Waals surface area contributed by atoms with E-state index in [9.17, 15) is 23.2 Å². The monoisotopic (exact) mass is 473 g/mol. The van der Waals surface area contributed by atoms with Gasteiger partial charge < -0.3 is 10.1 Å². The van der Waals surface area contributed by atoms with Crippen LogP contribution in [0.2, 0.25) is 0 Å². The van der Waals surface area contributed by atoms with E-state index in [4.69, 9.17) is 4.74 Å². The Morgan fingerprint density at radius 2 is 1.97 bits per heavy atom. The number of hydrogen-bond donors (Lipinski definition) is 1. The van der Waals surface area contributed by atoms with Crippen molar-refractivity contribution in [3.8, 4) is 0 Å². The van der Waals surface area contributed by atoms with Crippen molar-refractivity contribution in [3.63, 3.8) is 0 Å². The first-order valence-corrected chi connectivity index (χ1v) is 11.3. The molecule has 2 heterocycles. The van der Waals surface area contributed by atoms with Crippen LogP contribution in [0.5, 0.6) is 0 Å². The molecule has 33 heavy (non-hydrogen) atoms. The highest BCUT2D eigenvalue weighted by Crippen LogP contribution is 2.31. The van der Waals surface area contributed by atoms with Gasteiger partial charge in [0.25, 0.3) is 17.2 Å². The summed E-state index contributed by atoms with van der Waals surface area (Å²) < 4.78 is 32.1. The third kappa shape index (κ3) is 5.39. The quantitative estimate of drug-likeness (QED) is 0.426. The molecule has 0 spiro atoms. The summed E-state index contributed by atoms with van der Waals surface area (Å²) in [6, 6.07) is 10.6. The standard InChI is InChI=1S/C23H21F2N3O4S/c24-23(25)33-18-7-4-3-6-16(18)27-20(29)13-32-22(31)14-9-10-15-17(12-14)26-19-8-2-1-5-11-28(19)21(15)30/h3-4,6-7,9-10,12,23H,1-2,5,8,11,13H2,(H,27,29). The van der Waals surface area contributed by atoms with Crippen LogP contribution in [0, 0.1) is 0 Å². The second kappa shape index (κ2) is 10.1. The Hall–Kier alpha value is -3.27. The molecule has 7 nitrogen and oxygen atoms in total. The van der Waals surface area contributed by atoms with Crippen LogP contribution in [0.3, 0.4) is 0 Å². The Balaban J connectivity index is 1.45. The van der Waals surface area contributed by atoms with E-state index in [1.165, 1.54) is 30.3 Å². The molecule has 0 bridgehead atoms. The number of aryl methyl sites for hydroxylation is 1. The summed E-state index contributed by atoms with van der Waals surface area (Å²) >= 11 is 0.311. The summed E-state index contributed by atoms with van der Waals surface area (Å²) in [5.74, 6) is -3.34. The van der Waals surface area contributed by atoms with Gasteiger partial charge in [0.1, 0.15) is 5.82 Å². The lowest BCUT2D eigenvalue weighted by atomic mass is 10.1. The second-order valence-corrected chi connectivity index (χ2v) is 8.56. The van der Waals surface area contributed by atoms with Crippen molar-refractivity contribution in [2.45, 2.75) is 42.9 Å². The van der Waals surface area contributed by atoms with Crippen LogP contribution in [-0.4, -0.2) is 33.8 Å². The van der Waals surface area contributed by atoms with Crippen LogP contribution >= 0.6 is 11.8 Å². The van der Waals surface area contributed by atoms with Crippen molar-refractivity contribution in [2.24, 2.45) is 0 Å². The van der Waals surface area contributed by atoms with Crippen LogP contribution in [0.15, 0.2) is 52.2 Å². The van der Waals surface area contributed by atoms with Crippen molar-refractivity contribution < 1.29 is 23.1 Å². The third-order valence-electron chi connectivity index (χ3n) is 5.26. The lowest BCUT2D eigenvalue weighted by molar-refractivity contribution is -0.119. The van der Waals surface area contributed by atoms with E-state index in [0.717, 1.165) is 19.3 Å². The van der Waals surface area contributed by atoms with Gasteiger partial charge in [-0.15, -0.1) is 0 Å². The van der Waals surface area contributed by atoms with Gasteiger partial charge in [0.05, 0.1) is 22.2 Å². The topological polar surface area (TPSA) is 90.3 Å². The fourth-order valence-corrected chi connectivity index (χ4v) is 4.31. The van der Waals surface area contributed by atoms with E-state index in [1.807, 2.05) is 0 Å². The van der Waals surface area contributed by atoms with Gasteiger partial charge in [0, 0.05) is 17.9 Å². The zero-order chi connectivity index (χ0) is 23.4. The number of ether oxygens (including phenoxy) is 1. The number of esters is 1. The predicted molar refractivity (Wildman–Crippen MR) is 121 cm³/mol. The Kier molecular flexibility index (Phi) is 7.02. The maximum absolute atomic E-state index is 12.8. The first-order valence-electron chi connectivity index (χ1n) is 10.5. The third-order valence-corrected chi connectivity index (χ3v) is 6.05. The van der Waals surface area contributed by atoms with Gasteiger partial charge in [-0.2, -0.15) is 8.78 Å². The zero-order valence-electron chi connectivity index (χ0n) is 17.6. The smallest absolute Gasteiger partial charge is 0.338 e. The number of nitrogens with zero attached hydrogens (tertiary/aromatic N) is 2. The Labute approximate surface area is 192 Å². The highest BCUT2D eigenvalue weighted by atomic mass is 32.2. The van der Waals surface area contributed by atoms with E-state index in [1.54, 1.807) is 16.7 Å². The molecule has 0 saturated carbocycles. The van der Waals surface area contributed by atoms with Gasteiger partial charge in [0.2, 0.25) is 0 Å². The van der Waals surface area contributed by atoms with Crippen LogP contribution in [0.4, 0.5) is 14.5 Å². The molecule has 10 heteroatoms. The molecule has 0 atom stereocenters. The number of para-hydroxylation sites is 1. The fraction of sp³-hybridized carbons (Fsp3) is 0.304. The Morgan fingerprint density at radius 3 is 2.79 bits per heavy atom. The summed E-state index contributed by atoms with van der Waals surface area (Å²) in [6.45, 7) is 0.0415. The van der Waals surface area contributed by atoms with E-state index >= 15 is 0 Å². The fourth-order valence-electron chi connectivity index (χ4n) is 3.71. The molecule has 0 aliphatic carbocycles. The summed E-state index contributed by atoms with van der Waals surface area (Å²) in [6.07, 6.45) is 3.61. The maximum atomic E-state index is 12.8. The molecule has 3 aromatic rings. The first kappa shape index (κ1) is 22.9. The summed E-state index contributed by atoms with van der Waals surface area (Å²) in [5, 5.41) is 2.89. The molecule has 0 fully saturated rings. The SMILES string of the molecule is O=C(COC(=O)c1ccc2c(=O)n3c(nc2c1)CCCCC3)Nc1ccccc1SC(F)F. The van der Waals surface area contributed by atoms with Gasteiger partial charge in [-0.05, 0) is 43.2 Å². The Bertz CT molecular complexity index is 1260. The number of benzene rings is 2. The molecule has 1 N–H and O–H groups in total. The molecular weight excluding hydrogens is 452 g/mol. The lowest BCUT2D eigenvalue weighted by Gasteiger charge is -2.12. The summed E-state index contributed by atoms with van der Waals surface area (Å²) in [5.41, 5.74) is 0.649. The minimum atomic E-state index is -2.63. The van der Waals surface area contributed by atoms with Crippen molar-refractivity contribution in [1.82, 2.24) is 9.55 Å². The van der Waals surface area contributed by atoms with Gasteiger partial charge in [-0.3, -0.25) is 14.2 Å². The maximum Gasteiger partial charge on any atom is 0.338 e. The number of fused-ring (bicyclic) bond motifs is 2. The number of halogens is 2. The number of nitrogens with one attached hydrogen (secondary N) is 1. The van der Waals surface area contributed by atoms with Gasteiger partial charge >= 0.3 is 5.97 Å². The van der Waals surface area contributed by atoms with E-state index in [2.05, 4.69) is 10.3 Å². The average molecular weight is 474 g/mol. The number of aromatic nitrogens is 2. The molecule has 0 radical (unpaired) electrons. The number of alkyl halides is 2.